The fourth-order valence-corrected chi connectivity index (χ4v) is 3.34. The number of thiophene rings is 1. The van der Waals surface area contributed by atoms with Crippen LogP contribution >= 0.6 is 11.3 Å². The molecule has 1 fully saturated rings. The molecule has 1 amide bonds. The number of hydrogen-bond donors (Lipinski definition) is 0. The van der Waals surface area contributed by atoms with Crippen molar-refractivity contribution in [3.63, 3.8) is 0 Å². The van der Waals surface area contributed by atoms with Gasteiger partial charge in [0.2, 0.25) is 0 Å². The highest BCUT2D eigenvalue weighted by Crippen LogP contribution is 2.29. The molecular formula is C16H21N3O2S. The summed E-state index contributed by atoms with van der Waals surface area (Å²) in [5.74, 6) is 1.02. The third kappa shape index (κ3) is 3.16. The number of nitrogens with zero attached hydrogens (tertiary/aromatic N) is 3. The Morgan fingerprint density at radius 2 is 1.95 bits per heavy atom. The molecule has 6 heteroatoms. The number of carbonyl (C=O) groups is 1. The van der Waals surface area contributed by atoms with Crippen LogP contribution in [0.5, 0.6) is 0 Å². The van der Waals surface area contributed by atoms with E-state index in [1.807, 2.05) is 33.0 Å². The third-order valence-corrected chi connectivity index (χ3v) is 4.47. The maximum Gasteiger partial charge on any atom is 0.410 e. The first kappa shape index (κ1) is 15.1. The lowest BCUT2D eigenvalue weighted by molar-refractivity contribution is 0.0240. The number of ether oxygens (including phenoxy) is 1. The zero-order valence-electron chi connectivity index (χ0n) is 13.2. The van der Waals surface area contributed by atoms with E-state index < -0.39 is 5.60 Å². The first-order chi connectivity index (χ1) is 10.4. The second kappa shape index (κ2) is 5.76. The minimum atomic E-state index is -0.446. The predicted molar refractivity (Wildman–Crippen MR) is 89.6 cm³/mol. The van der Waals surface area contributed by atoms with Crippen LogP contribution in [-0.4, -0.2) is 47.8 Å². The van der Waals surface area contributed by atoms with Gasteiger partial charge in [-0.25, -0.2) is 9.78 Å². The second-order valence-corrected chi connectivity index (χ2v) is 7.37. The number of rotatable bonds is 1. The second-order valence-electron chi connectivity index (χ2n) is 6.42. The molecule has 1 aliphatic heterocycles. The van der Waals surface area contributed by atoms with E-state index in [1.165, 1.54) is 10.1 Å². The lowest BCUT2D eigenvalue weighted by atomic mass is 10.2. The maximum absolute atomic E-state index is 12.1. The van der Waals surface area contributed by atoms with Crippen LogP contribution in [0.2, 0.25) is 0 Å². The summed E-state index contributed by atoms with van der Waals surface area (Å²) in [6.07, 6.45) is 1.63. The molecule has 5 nitrogen and oxygen atoms in total. The lowest BCUT2D eigenvalue weighted by Gasteiger charge is -2.36. The molecule has 0 unspecified atom stereocenters. The molecule has 2 aromatic heterocycles. The molecule has 0 aromatic carbocycles. The largest absolute Gasteiger partial charge is 0.444 e. The van der Waals surface area contributed by atoms with Crippen LogP contribution in [0.1, 0.15) is 20.8 Å². The molecule has 118 valence electrons. The molecule has 0 radical (unpaired) electrons. The Kier molecular flexibility index (Phi) is 3.95. The summed E-state index contributed by atoms with van der Waals surface area (Å²) in [7, 11) is 0. The van der Waals surface area contributed by atoms with Crippen LogP contribution in [0.4, 0.5) is 10.6 Å². The summed E-state index contributed by atoms with van der Waals surface area (Å²) in [6.45, 7) is 8.56. The molecule has 3 heterocycles. The first-order valence-corrected chi connectivity index (χ1v) is 8.37. The summed E-state index contributed by atoms with van der Waals surface area (Å²) >= 11 is 1.73. The predicted octanol–water partition coefficient (Wildman–Crippen LogP) is 3.35. The van der Waals surface area contributed by atoms with Crippen LogP contribution in [0.25, 0.3) is 10.1 Å². The van der Waals surface area contributed by atoms with Crippen LogP contribution in [0.15, 0.2) is 23.7 Å². The summed E-state index contributed by atoms with van der Waals surface area (Å²) < 4.78 is 6.68. The zero-order chi connectivity index (χ0) is 15.7. The zero-order valence-corrected chi connectivity index (χ0v) is 14.0. The third-order valence-electron chi connectivity index (χ3n) is 3.59. The Bertz CT molecular complexity index is 669. The number of aromatic nitrogens is 1. The molecule has 0 spiro atoms. The van der Waals surface area contributed by atoms with Gasteiger partial charge in [-0.3, -0.25) is 0 Å². The Hall–Kier alpha value is -1.82. The van der Waals surface area contributed by atoms with Crippen LogP contribution < -0.4 is 4.90 Å². The summed E-state index contributed by atoms with van der Waals surface area (Å²) in [5, 5.41) is 3.28. The van der Waals surface area contributed by atoms with Crippen molar-refractivity contribution in [3.05, 3.63) is 23.7 Å². The van der Waals surface area contributed by atoms with E-state index in [0.717, 1.165) is 18.9 Å². The molecule has 0 atom stereocenters. The van der Waals surface area contributed by atoms with Gasteiger partial charge in [0.15, 0.2) is 0 Å². The number of amides is 1. The minimum absolute atomic E-state index is 0.228. The molecule has 0 bridgehead atoms. The van der Waals surface area contributed by atoms with Gasteiger partial charge in [-0.2, -0.15) is 0 Å². The van der Waals surface area contributed by atoms with E-state index >= 15 is 0 Å². The number of pyridine rings is 1. The van der Waals surface area contributed by atoms with Gasteiger partial charge < -0.3 is 14.5 Å². The quantitative estimate of drug-likeness (QED) is 0.808. The number of carbonyl (C=O) groups excluding carboxylic acids is 1. The van der Waals surface area contributed by atoms with Crippen molar-refractivity contribution >= 4 is 33.3 Å². The summed E-state index contributed by atoms with van der Waals surface area (Å²) in [5.41, 5.74) is -0.446. The average molecular weight is 319 g/mol. The van der Waals surface area contributed by atoms with Crippen molar-refractivity contribution in [2.45, 2.75) is 26.4 Å². The highest BCUT2D eigenvalue weighted by atomic mass is 32.1. The smallest absolute Gasteiger partial charge is 0.410 e. The van der Waals surface area contributed by atoms with Crippen LogP contribution in [-0.2, 0) is 4.74 Å². The van der Waals surface area contributed by atoms with Gasteiger partial charge in [0, 0.05) is 42.5 Å². The number of fused-ring (bicyclic) bond motifs is 1. The maximum atomic E-state index is 12.1. The fourth-order valence-electron chi connectivity index (χ4n) is 2.56. The van der Waals surface area contributed by atoms with Crippen molar-refractivity contribution in [2.24, 2.45) is 0 Å². The Morgan fingerprint density at radius 1 is 1.23 bits per heavy atom. The molecule has 1 aliphatic rings. The van der Waals surface area contributed by atoms with E-state index in [0.29, 0.717) is 13.1 Å². The van der Waals surface area contributed by atoms with Gasteiger partial charge in [-0.05, 0) is 38.3 Å². The summed E-state index contributed by atoms with van der Waals surface area (Å²) in [6, 6.07) is 4.16. The first-order valence-electron chi connectivity index (χ1n) is 7.49. The number of piperazine rings is 1. The lowest BCUT2D eigenvalue weighted by Crippen LogP contribution is -2.50. The normalized spacial score (nSPS) is 16.1. The van der Waals surface area contributed by atoms with Crippen LogP contribution in [0.3, 0.4) is 0 Å². The molecule has 22 heavy (non-hydrogen) atoms. The standard InChI is InChI=1S/C16H21N3O2S/c1-16(2,3)21-15(20)19-9-7-18(8-10-19)14-12-5-11-22-13(12)4-6-17-14/h4-6,11H,7-10H2,1-3H3. The van der Waals surface area contributed by atoms with Crippen molar-refractivity contribution in [3.8, 4) is 0 Å². The highest BCUT2D eigenvalue weighted by Gasteiger charge is 2.26. The monoisotopic (exact) mass is 319 g/mol. The van der Waals surface area contributed by atoms with Crippen molar-refractivity contribution in [1.82, 2.24) is 9.88 Å². The Labute approximate surface area is 134 Å². The molecule has 3 rings (SSSR count). The van der Waals surface area contributed by atoms with Crippen molar-refractivity contribution in [2.75, 3.05) is 31.1 Å². The van der Waals surface area contributed by atoms with Crippen LogP contribution in [0, 0.1) is 0 Å². The van der Waals surface area contributed by atoms with Crippen molar-refractivity contribution in [1.29, 1.82) is 0 Å². The summed E-state index contributed by atoms with van der Waals surface area (Å²) in [4.78, 5) is 20.6. The SMILES string of the molecule is CC(C)(C)OC(=O)N1CCN(c2nccc3sccc23)CC1. The van der Waals surface area contributed by atoms with Crippen molar-refractivity contribution < 1.29 is 9.53 Å². The average Bonchev–Trinajstić information content (AvgIpc) is 2.94. The van der Waals surface area contributed by atoms with Gasteiger partial charge >= 0.3 is 6.09 Å². The van der Waals surface area contributed by atoms with Gasteiger partial charge in [-0.1, -0.05) is 0 Å². The highest BCUT2D eigenvalue weighted by molar-refractivity contribution is 7.17. The van der Waals surface area contributed by atoms with E-state index in [-0.39, 0.29) is 6.09 Å². The van der Waals surface area contributed by atoms with E-state index in [9.17, 15) is 4.79 Å². The van der Waals surface area contributed by atoms with Gasteiger partial charge in [0.05, 0.1) is 0 Å². The van der Waals surface area contributed by atoms with E-state index in [4.69, 9.17) is 4.74 Å². The van der Waals surface area contributed by atoms with Gasteiger partial charge in [0.25, 0.3) is 0 Å². The molecule has 2 aromatic rings. The molecule has 1 saturated heterocycles. The molecule has 0 N–H and O–H groups in total. The molecule has 0 saturated carbocycles. The van der Waals surface area contributed by atoms with Gasteiger partial charge in [-0.15, -0.1) is 11.3 Å². The van der Waals surface area contributed by atoms with Gasteiger partial charge in [0.1, 0.15) is 11.4 Å². The Balaban J connectivity index is 1.67. The van der Waals surface area contributed by atoms with E-state index in [2.05, 4.69) is 21.3 Å². The molecular weight excluding hydrogens is 298 g/mol. The van der Waals surface area contributed by atoms with E-state index in [1.54, 1.807) is 16.2 Å². The topological polar surface area (TPSA) is 45.7 Å². The number of hydrogen-bond acceptors (Lipinski definition) is 5. The minimum Gasteiger partial charge on any atom is -0.444 e. The fraction of sp³-hybridized carbons (Fsp3) is 0.500. The Morgan fingerprint density at radius 3 is 2.64 bits per heavy atom. The number of anilines is 1. The molecule has 0 aliphatic carbocycles.